The van der Waals surface area contributed by atoms with E-state index >= 15 is 0 Å². The van der Waals surface area contributed by atoms with Gasteiger partial charge in [0.1, 0.15) is 5.69 Å². The van der Waals surface area contributed by atoms with Crippen LogP contribution in [0.5, 0.6) is 0 Å². The van der Waals surface area contributed by atoms with Gasteiger partial charge in [-0.2, -0.15) is 0 Å². The average molecular weight is 389 g/mol. The average Bonchev–Trinajstić information content (AvgIpc) is 2.72. The first-order valence-corrected chi connectivity index (χ1v) is 10.1. The van der Waals surface area contributed by atoms with Crippen LogP contribution in [-0.2, 0) is 6.42 Å². The minimum atomic E-state index is -0.179. The third-order valence-corrected chi connectivity index (χ3v) is 4.69. The van der Waals surface area contributed by atoms with Crippen LogP contribution in [0.1, 0.15) is 53.5 Å². The normalized spacial score (nSPS) is 10.8. The number of amides is 1. The number of aryl methyl sites for hydroxylation is 2. The molecule has 1 aromatic heterocycles. The molecule has 5 nitrogen and oxygen atoms in total. The van der Waals surface area contributed by atoms with E-state index in [0.29, 0.717) is 24.1 Å². The van der Waals surface area contributed by atoms with E-state index in [9.17, 15) is 4.79 Å². The van der Waals surface area contributed by atoms with Gasteiger partial charge in [0, 0.05) is 17.9 Å². The lowest BCUT2D eigenvalue weighted by Gasteiger charge is -2.10. The molecule has 2 aromatic carbocycles. The number of nitrogens with zero attached hydrogens (tertiary/aromatic N) is 2. The highest BCUT2D eigenvalue weighted by Crippen LogP contribution is 2.19. The van der Waals surface area contributed by atoms with Gasteiger partial charge in [-0.1, -0.05) is 56.3 Å². The van der Waals surface area contributed by atoms with Gasteiger partial charge >= 0.3 is 0 Å². The van der Waals surface area contributed by atoms with Crippen LogP contribution in [-0.4, -0.2) is 22.4 Å². The Balaban J connectivity index is 1.58. The summed E-state index contributed by atoms with van der Waals surface area (Å²) < 4.78 is 0. The predicted molar refractivity (Wildman–Crippen MR) is 118 cm³/mol. The molecule has 0 saturated carbocycles. The number of benzene rings is 2. The van der Waals surface area contributed by atoms with Gasteiger partial charge in [-0.3, -0.25) is 4.79 Å². The summed E-state index contributed by atoms with van der Waals surface area (Å²) in [5, 5.41) is 6.14. The standard InChI is InChI=1S/C24H28N4O/c1-17(2)20-11-13-21(14-12-20)27-24-26-18(3)16-22(28-24)23(29)25-15-7-10-19-8-5-4-6-9-19/h4-6,8-9,11-14,16-17H,7,10,15H2,1-3H3,(H,25,29)(H,26,27,28). The monoisotopic (exact) mass is 388 g/mol. The summed E-state index contributed by atoms with van der Waals surface area (Å²) in [5.41, 5.74) is 4.56. The fraction of sp³-hybridized carbons (Fsp3) is 0.292. The van der Waals surface area contributed by atoms with Gasteiger partial charge in [-0.25, -0.2) is 9.97 Å². The van der Waals surface area contributed by atoms with Crippen molar-refractivity contribution in [1.82, 2.24) is 15.3 Å². The molecule has 0 atom stereocenters. The lowest BCUT2D eigenvalue weighted by Crippen LogP contribution is -2.26. The van der Waals surface area contributed by atoms with Gasteiger partial charge in [0.15, 0.2) is 0 Å². The maximum atomic E-state index is 12.5. The highest BCUT2D eigenvalue weighted by atomic mass is 16.1. The van der Waals surface area contributed by atoms with Crippen molar-refractivity contribution in [1.29, 1.82) is 0 Å². The van der Waals surface area contributed by atoms with Crippen LogP contribution in [0.2, 0.25) is 0 Å². The molecule has 0 fully saturated rings. The Morgan fingerprint density at radius 2 is 1.72 bits per heavy atom. The van der Waals surface area contributed by atoms with Crippen molar-refractivity contribution in [3.63, 3.8) is 0 Å². The molecule has 0 aliphatic carbocycles. The molecular weight excluding hydrogens is 360 g/mol. The second-order valence-corrected chi connectivity index (χ2v) is 7.46. The van der Waals surface area contributed by atoms with E-state index in [4.69, 9.17) is 0 Å². The third kappa shape index (κ3) is 6.14. The zero-order valence-corrected chi connectivity index (χ0v) is 17.3. The van der Waals surface area contributed by atoms with Crippen LogP contribution < -0.4 is 10.6 Å². The van der Waals surface area contributed by atoms with Crippen molar-refractivity contribution in [3.05, 3.63) is 83.2 Å². The summed E-state index contributed by atoms with van der Waals surface area (Å²) in [4.78, 5) is 21.3. The molecule has 0 bridgehead atoms. The topological polar surface area (TPSA) is 66.9 Å². The Morgan fingerprint density at radius 3 is 2.41 bits per heavy atom. The molecule has 3 aromatic rings. The van der Waals surface area contributed by atoms with E-state index in [1.54, 1.807) is 6.07 Å². The lowest BCUT2D eigenvalue weighted by atomic mass is 10.0. The van der Waals surface area contributed by atoms with Gasteiger partial charge in [0.2, 0.25) is 5.95 Å². The van der Waals surface area contributed by atoms with Gasteiger partial charge < -0.3 is 10.6 Å². The number of rotatable bonds is 8. The van der Waals surface area contributed by atoms with E-state index in [2.05, 4.69) is 58.7 Å². The number of hydrogen-bond donors (Lipinski definition) is 2. The van der Waals surface area contributed by atoms with Crippen molar-refractivity contribution < 1.29 is 4.79 Å². The number of aromatic nitrogens is 2. The Morgan fingerprint density at radius 1 is 1.00 bits per heavy atom. The van der Waals surface area contributed by atoms with Crippen LogP contribution in [0, 0.1) is 6.92 Å². The first kappa shape index (κ1) is 20.5. The van der Waals surface area contributed by atoms with Crippen molar-refractivity contribution in [3.8, 4) is 0 Å². The van der Waals surface area contributed by atoms with Gasteiger partial charge in [-0.15, -0.1) is 0 Å². The molecular formula is C24H28N4O. The number of carbonyl (C=O) groups excluding carboxylic acids is 1. The van der Waals surface area contributed by atoms with E-state index < -0.39 is 0 Å². The molecule has 0 spiro atoms. The largest absolute Gasteiger partial charge is 0.351 e. The van der Waals surface area contributed by atoms with Crippen LogP contribution >= 0.6 is 0 Å². The van der Waals surface area contributed by atoms with Crippen LogP contribution in [0.25, 0.3) is 0 Å². The molecule has 5 heteroatoms. The first-order chi connectivity index (χ1) is 14.0. The fourth-order valence-corrected chi connectivity index (χ4v) is 3.05. The predicted octanol–water partition coefficient (Wildman–Crippen LogP) is 5.01. The van der Waals surface area contributed by atoms with Gasteiger partial charge in [0.25, 0.3) is 5.91 Å². The highest BCUT2D eigenvalue weighted by Gasteiger charge is 2.11. The molecule has 2 N–H and O–H groups in total. The number of carbonyl (C=O) groups is 1. The van der Waals surface area contributed by atoms with E-state index in [1.165, 1.54) is 11.1 Å². The molecule has 29 heavy (non-hydrogen) atoms. The van der Waals surface area contributed by atoms with Crippen molar-refractivity contribution in [2.24, 2.45) is 0 Å². The van der Waals surface area contributed by atoms with Crippen molar-refractivity contribution >= 4 is 17.5 Å². The second-order valence-electron chi connectivity index (χ2n) is 7.46. The molecule has 1 amide bonds. The van der Waals surface area contributed by atoms with E-state index in [-0.39, 0.29) is 5.91 Å². The Bertz CT molecular complexity index is 937. The van der Waals surface area contributed by atoms with Crippen LogP contribution in [0.4, 0.5) is 11.6 Å². The Kier molecular flexibility index (Phi) is 6.95. The molecule has 150 valence electrons. The van der Waals surface area contributed by atoms with Crippen molar-refractivity contribution in [2.75, 3.05) is 11.9 Å². The molecule has 0 radical (unpaired) electrons. The summed E-state index contributed by atoms with van der Waals surface area (Å²) in [5.74, 6) is 0.731. The fourth-order valence-electron chi connectivity index (χ4n) is 3.05. The number of anilines is 2. The second kappa shape index (κ2) is 9.82. The smallest absolute Gasteiger partial charge is 0.270 e. The summed E-state index contributed by atoms with van der Waals surface area (Å²) in [6.45, 7) is 6.80. The molecule has 0 aliphatic heterocycles. The summed E-state index contributed by atoms with van der Waals surface area (Å²) in [6, 6.07) is 20.2. The van der Waals surface area contributed by atoms with Crippen molar-refractivity contribution in [2.45, 2.75) is 39.5 Å². The molecule has 1 heterocycles. The van der Waals surface area contributed by atoms with Gasteiger partial charge in [-0.05, 0) is 55.0 Å². The summed E-state index contributed by atoms with van der Waals surface area (Å²) in [7, 11) is 0. The van der Waals surface area contributed by atoms with E-state index in [0.717, 1.165) is 24.2 Å². The summed E-state index contributed by atoms with van der Waals surface area (Å²) in [6.07, 6.45) is 1.82. The Labute approximate surface area is 172 Å². The summed E-state index contributed by atoms with van der Waals surface area (Å²) >= 11 is 0. The number of hydrogen-bond acceptors (Lipinski definition) is 4. The molecule has 0 aliphatic rings. The minimum absolute atomic E-state index is 0.179. The van der Waals surface area contributed by atoms with Gasteiger partial charge in [0.05, 0.1) is 0 Å². The van der Waals surface area contributed by atoms with Crippen LogP contribution in [0.15, 0.2) is 60.7 Å². The quantitative estimate of drug-likeness (QED) is 0.532. The highest BCUT2D eigenvalue weighted by molar-refractivity contribution is 5.92. The maximum Gasteiger partial charge on any atom is 0.270 e. The number of nitrogens with one attached hydrogen (secondary N) is 2. The zero-order chi connectivity index (χ0) is 20.6. The SMILES string of the molecule is Cc1cc(C(=O)NCCCc2ccccc2)nc(Nc2ccc(C(C)C)cc2)n1. The maximum absolute atomic E-state index is 12.5. The molecule has 0 saturated heterocycles. The lowest BCUT2D eigenvalue weighted by molar-refractivity contribution is 0.0948. The van der Waals surface area contributed by atoms with Crippen LogP contribution in [0.3, 0.4) is 0 Å². The Hall–Kier alpha value is -3.21. The molecule has 3 rings (SSSR count). The molecule has 0 unspecified atom stereocenters. The zero-order valence-electron chi connectivity index (χ0n) is 17.3. The first-order valence-electron chi connectivity index (χ1n) is 10.1. The minimum Gasteiger partial charge on any atom is -0.351 e. The van der Waals surface area contributed by atoms with E-state index in [1.807, 2.05) is 37.3 Å². The third-order valence-electron chi connectivity index (χ3n) is 4.69.